The van der Waals surface area contributed by atoms with Gasteiger partial charge in [-0.15, -0.1) is 24.0 Å². The van der Waals surface area contributed by atoms with Gasteiger partial charge in [-0.3, -0.25) is 9.89 Å². The van der Waals surface area contributed by atoms with Gasteiger partial charge in [-0.1, -0.05) is 18.6 Å². The highest BCUT2D eigenvalue weighted by molar-refractivity contribution is 14.0. The minimum atomic E-state index is 0. The monoisotopic (exact) mass is 476 g/mol. The number of benzene rings is 1. The van der Waals surface area contributed by atoms with Crippen molar-refractivity contribution in [3.05, 3.63) is 29.8 Å². The number of ether oxygens (including phenoxy) is 2. The van der Waals surface area contributed by atoms with Crippen molar-refractivity contribution in [3.8, 4) is 5.75 Å². The number of guanidine groups is 1. The van der Waals surface area contributed by atoms with E-state index >= 15 is 0 Å². The van der Waals surface area contributed by atoms with Crippen molar-refractivity contribution in [1.29, 1.82) is 0 Å². The number of halogens is 1. The fourth-order valence-electron chi connectivity index (χ4n) is 3.26. The maximum atomic E-state index is 6.05. The summed E-state index contributed by atoms with van der Waals surface area (Å²) >= 11 is 0. The average molecular weight is 476 g/mol. The van der Waals surface area contributed by atoms with E-state index in [4.69, 9.17) is 15.2 Å². The number of likely N-dealkylation sites (tertiary alicyclic amines) is 1. The second-order valence-corrected chi connectivity index (χ2v) is 6.61. The van der Waals surface area contributed by atoms with Crippen LogP contribution in [0.2, 0.25) is 0 Å². The zero-order chi connectivity index (χ0) is 18.1. The number of nitrogens with two attached hydrogens (primary N) is 1. The average Bonchev–Trinajstić information content (AvgIpc) is 2.63. The summed E-state index contributed by atoms with van der Waals surface area (Å²) in [5.41, 5.74) is 7.31. The van der Waals surface area contributed by atoms with E-state index in [1.807, 2.05) is 19.1 Å². The van der Waals surface area contributed by atoms with Crippen LogP contribution in [0.15, 0.2) is 29.3 Å². The van der Waals surface area contributed by atoms with Crippen LogP contribution < -0.4 is 15.8 Å². The van der Waals surface area contributed by atoms with Crippen LogP contribution in [0.4, 0.5) is 0 Å². The fraction of sp³-hybridized carbons (Fsp3) is 0.632. The van der Waals surface area contributed by atoms with Crippen molar-refractivity contribution in [2.24, 2.45) is 10.7 Å². The number of hydrogen-bond donors (Lipinski definition) is 2. The predicted molar refractivity (Wildman–Crippen MR) is 118 cm³/mol. The normalized spacial score (nSPS) is 17.9. The Balaban J connectivity index is 0.00000338. The third-order valence-electron chi connectivity index (χ3n) is 4.58. The highest BCUT2D eigenvalue weighted by atomic mass is 127. The number of methoxy groups -OCH3 is 2. The van der Waals surface area contributed by atoms with E-state index in [-0.39, 0.29) is 36.1 Å². The SMILES string of the molecule is COCC(C)NC(N)=NCC(c1ccc(OC)cc1)N1CCCCC1.I. The van der Waals surface area contributed by atoms with Crippen LogP contribution in [-0.2, 0) is 4.74 Å². The molecule has 0 spiro atoms. The van der Waals surface area contributed by atoms with Gasteiger partial charge in [-0.25, -0.2) is 0 Å². The van der Waals surface area contributed by atoms with Gasteiger partial charge in [0.2, 0.25) is 0 Å². The van der Waals surface area contributed by atoms with Crippen LogP contribution in [0.3, 0.4) is 0 Å². The van der Waals surface area contributed by atoms with Gasteiger partial charge in [-0.2, -0.15) is 0 Å². The minimum absolute atomic E-state index is 0. The number of rotatable bonds is 8. The Bertz CT molecular complexity index is 533. The molecule has 2 rings (SSSR count). The highest BCUT2D eigenvalue weighted by Crippen LogP contribution is 2.26. The lowest BCUT2D eigenvalue weighted by Gasteiger charge is -2.34. The molecule has 0 aliphatic carbocycles. The molecule has 0 radical (unpaired) electrons. The molecule has 2 unspecified atom stereocenters. The Hall–Kier alpha value is -1.06. The first-order chi connectivity index (χ1) is 12.1. The number of nitrogens with one attached hydrogen (secondary N) is 1. The van der Waals surface area contributed by atoms with E-state index < -0.39 is 0 Å². The van der Waals surface area contributed by atoms with Gasteiger partial charge in [-0.05, 0) is 50.6 Å². The molecule has 1 aromatic rings. The van der Waals surface area contributed by atoms with Crippen LogP contribution >= 0.6 is 24.0 Å². The third kappa shape index (κ3) is 7.28. The first-order valence-corrected chi connectivity index (χ1v) is 9.07. The molecule has 0 aromatic heterocycles. The van der Waals surface area contributed by atoms with E-state index in [1.54, 1.807) is 14.2 Å². The molecule has 0 amide bonds. The Morgan fingerprint density at radius 3 is 2.42 bits per heavy atom. The van der Waals surface area contributed by atoms with Crippen LogP contribution in [-0.4, -0.2) is 57.4 Å². The molecular formula is C19H33IN4O2. The van der Waals surface area contributed by atoms with E-state index in [0.29, 0.717) is 19.1 Å². The summed E-state index contributed by atoms with van der Waals surface area (Å²) in [6.45, 7) is 5.49. The molecule has 2 atom stereocenters. The van der Waals surface area contributed by atoms with Crippen molar-refractivity contribution in [1.82, 2.24) is 10.2 Å². The Kier molecular flexibility index (Phi) is 10.9. The quantitative estimate of drug-likeness (QED) is 0.343. The summed E-state index contributed by atoms with van der Waals surface area (Å²) in [7, 11) is 3.37. The third-order valence-corrected chi connectivity index (χ3v) is 4.58. The van der Waals surface area contributed by atoms with Gasteiger partial charge in [0.05, 0.1) is 26.3 Å². The molecule has 148 valence electrons. The lowest BCUT2D eigenvalue weighted by molar-refractivity contribution is 0.167. The number of piperidine rings is 1. The molecular weight excluding hydrogens is 443 g/mol. The van der Waals surface area contributed by atoms with Crippen molar-refractivity contribution in [2.45, 2.75) is 38.3 Å². The Morgan fingerprint density at radius 1 is 1.19 bits per heavy atom. The number of aliphatic imine (C=N–C) groups is 1. The molecule has 0 bridgehead atoms. The molecule has 3 N–H and O–H groups in total. The molecule has 7 heteroatoms. The van der Waals surface area contributed by atoms with Crippen LogP contribution in [0, 0.1) is 0 Å². The Morgan fingerprint density at radius 2 is 1.85 bits per heavy atom. The summed E-state index contributed by atoms with van der Waals surface area (Å²) in [6, 6.07) is 8.67. The van der Waals surface area contributed by atoms with Gasteiger partial charge < -0.3 is 20.5 Å². The maximum absolute atomic E-state index is 6.05. The van der Waals surface area contributed by atoms with Crippen LogP contribution in [0.25, 0.3) is 0 Å². The summed E-state index contributed by atoms with van der Waals surface area (Å²) in [6.07, 6.45) is 3.80. The fourth-order valence-corrected chi connectivity index (χ4v) is 3.26. The summed E-state index contributed by atoms with van der Waals surface area (Å²) in [5.74, 6) is 1.35. The van der Waals surface area contributed by atoms with Crippen molar-refractivity contribution >= 4 is 29.9 Å². The zero-order valence-electron chi connectivity index (χ0n) is 16.1. The first-order valence-electron chi connectivity index (χ1n) is 9.07. The predicted octanol–water partition coefficient (Wildman–Crippen LogP) is 2.78. The standard InChI is InChI=1S/C19H32N4O2.HI/c1-15(14-24-2)22-19(20)21-13-18(23-11-5-4-6-12-23)16-7-9-17(25-3)10-8-16;/h7-10,15,18H,4-6,11-14H2,1-3H3,(H3,20,21,22);1H. The van der Waals surface area contributed by atoms with E-state index in [2.05, 4.69) is 27.3 Å². The molecule has 0 saturated carbocycles. The van der Waals surface area contributed by atoms with Crippen molar-refractivity contribution in [3.63, 3.8) is 0 Å². The van der Waals surface area contributed by atoms with Gasteiger partial charge in [0.25, 0.3) is 0 Å². The molecule has 1 heterocycles. The van der Waals surface area contributed by atoms with Crippen molar-refractivity contribution < 1.29 is 9.47 Å². The summed E-state index contributed by atoms with van der Waals surface area (Å²) in [4.78, 5) is 7.11. The summed E-state index contributed by atoms with van der Waals surface area (Å²) < 4.78 is 10.4. The molecule has 26 heavy (non-hydrogen) atoms. The minimum Gasteiger partial charge on any atom is -0.497 e. The first kappa shape index (κ1) is 23.0. The van der Waals surface area contributed by atoms with Gasteiger partial charge in [0.15, 0.2) is 5.96 Å². The molecule has 1 aromatic carbocycles. The van der Waals surface area contributed by atoms with Gasteiger partial charge in [0, 0.05) is 13.2 Å². The molecule has 1 aliphatic heterocycles. The molecule has 1 fully saturated rings. The second kappa shape index (κ2) is 12.3. The molecule has 1 aliphatic rings. The van der Waals surface area contributed by atoms with Crippen LogP contribution in [0.5, 0.6) is 5.75 Å². The number of nitrogens with zero attached hydrogens (tertiary/aromatic N) is 2. The van der Waals surface area contributed by atoms with Gasteiger partial charge >= 0.3 is 0 Å². The lowest BCUT2D eigenvalue weighted by atomic mass is 10.0. The lowest BCUT2D eigenvalue weighted by Crippen LogP contribution is -2.41. The van der Waals surface area contributed by atoms with E-state index in [9.17, 15) is 0 Å². The van der Waals surface area contributed by atoms with Crippen molar-refractivity contribution in [2.75, 3.05) is 40.5 Å². The summed E-state index contributed by atoms with van der Waals surface area (Å²) in [5, 5.41) is 3.17. The largest absolute Gasteiger partial charge is 0.497 e. The molecule has 6 nitrogen and oxygen atoms in total. The van der Waals surface area contributed by atoms with E-state index in [1.165, 1.54) is 24.8 Å². The highest BCUT2D eigenvalue weighted by Gasteiger charge is 2.22. The smallest absolute Gasteiger partial charge is 0.188 e. The van der Waals surface area contributed by atoms with Crippen LogP contribution in [0.1, 0.15) is 37.8 Å². The number of hydrogen-bond acceptors (Lipinski definition) is 4. The second-order valence-electron chi connectivity index (χ2n) is 6.61. The van der Waals surface area contributed by atoms with Gasteiger partial charge in [0.1, 0.15) is 5.75 Å². The zero-order valence-corrected chi connectivity index (χ0v) is 18.4. The topological polar surface area (TPSA) is 72.1 Å². The maximum Gasteiger partial charge on any atom is 0.188 e. The molecule has 1 saturated heterocycles. The van der Waals surface area contributed by atoms with E-state index in [0.717, 1.165) is 18.8 Å². The Labute approximate surface area is 174 Å².